The molecule has 11 amide bonds. The van der Waals surface area contributed by atoms with Crippen LogP contribution in [0.25, 0.3) is 0 Å². The molecule has 0 saturated carbocycles. The summed E-state index contributed by atoms with van der Waals surface area (Å²) in [5, 5.41) is 51.2. The van der Waals surface area contributed by atoms with E-state index in [1.165, 1.54) is 13.8 Å². The van der Waals surface area contributed by atoms with Gasteiger partial charge in [-0.05, 0) is 62.5 Å². The van der Waals surface area contributed by atoms with Gasteiger partial charge in [0, 0.05) is 12.2 Å². The monoisotopic (exact) mass is 1170 g/mol. The highest BCUT2D eigenvalue weighted by Gasteiger charge is 2.38. The lowest BCUT2D eigenvalue weighted by Gasteiger charge is -2.29. The third-order valence-corrected chi connectivity index (χ3v) is 12.5. The second kappa shape index (κ2) is 36.0. The minimum Gasteiger partial charge on any atom is -0.481 e. The minimum atomic E-state index is -1.96. The summed E-state index contributed by atoms with van der Waals surface area (Å²) in [6, 6.07) is -7.71. The van der Waals surface area contributed by atoms with Crippen molar-refractivity contribution in [3.8, 4) is 0 Å². The zero-order valence-electron chi connectivity index (χ0n) is 46.7. The van der Waals surface area contributed by atoms with Crippen molar-refractivity contribution in [3.63, 3.8) is 0 Å². The average Bonchev–Trinajstić information content (AvgIpc) is 3.36. The molecule has 30 heteroatoms. The first kappa shape index (κ1) is 71.6. The number of primary amides is 2. The molecule has 454 valence electrons. The Morgan fingerprint density at radius 1 is 0.494 bits per heavy atom. The van der Waals surface area contributed by atoms with Gasteiger partial charge in [0.15, 0.2) is 0 Å². The molecule has 0 aliphatic carbocycles. The molecule has 0 aliphatic rings. The second-order valence-corrected chi connectivity index (χ2v) is 21.0. The summed E-state index contributed by atoms with van der Waals surface area (Å²) in [5.41, 5.74) is 22.7. The molecule has 1 aromatic carbocycles. The molecule has 0 spiro atoms. The minimum absolute atomic E-state index is 0.0522. The molecule has 1 rings (SSSR count). The Kier molecular flexibility index (Phi) is 31.8. The summed E-state index contributed by atoms with van der Waals surface area (Å²) >= 11 is 4.22. The topological polar surface area (TPSA) is 495 Å². The molecule has 0 aromatic heterocycles. The third-order valence-electron chi connectivity index (χ3n) is 12.1. The van der Waals surface area contributed by atoms with Crippen molar-refractivity contribution < 1.29 is 77.6 Å². The Hall–Kier alpha value is -7.44. The fourth-order valence-electron chi connectivity index (χ4n) is 7.83. The van der Waals surface area contributed by atoms with Gasteiger partial charge in [-0.25, -0.2) is 4.79 Å². The van der Waals surface area contributed by atoms with Gasteiger partial charge in [-0.15, -0.1) is 0 Å². The molecule has 20 N–H and O–H groups in total. The van der Waals surface area contributed by atoms with E-state index in [-0.39, 0.29) is 37.5 Å². The Morgan fingerprint density at radius 3 is 1.30 bits per heavy atom. The van der Waals surface area contributed by atoms with E-state index in [4.69, 9.17) is 22.9 Å². The SMILES string of the molecule is CC(C)C[C@H](NC(=O)[C@H](CC(=O)O)NC(=O)[C@H](CC(N)=O)NC(=O)[C@H](CC(C)C)NC(=O)[C@@H](N)CCCCN)C(=O)N[C@@H](CS)C(=O)N[C@@H](Cc1ccccc1)C(=O)N[C@H](C(=O)N[C@@H](CC(N)=O)C(=O)N[C@H](C(=O)O)C(C)C)[C@@H](C)O. The molecule has 0 saturated heterocycles. The fourth-order valence-corrected chi connectivity index (χ4v) is 8.09. The number of carboxylic acid groups (broad SMARTS) is 2. The van der Waals surface area contributed by atoms with Crippen LogP contribution in [0.4, 0.5) is 0 Å². The predicted molar refractivity (Wildman–Crippen MR) is 295 cm³/mol. The molecular weight excluding hydrogens is 1080 g/mol. The van der Waals surface area contributed by atoms with Gasteiger partial charge < -0.3 is 86.1 Å². The number of unbranched alkanes of at least 4 members (excludes halogenated alkanes) is 1. The van der Waals surface area contributed by atoms with Crippen molar-refractivity contribution in [1.29, 1.82) is 0 Å². The standard InChI is InChI=1S/C51H83N13O16S/c1-24(2)17-30(56-42(70)29(53)15-11-12-16-52)43(71)59-33(20-37(54)66)45(73)60-35(22-39(68)69)46(74)57-31(18-25(3)4)44(72)62-36(23-81)49(77)58-32(19-28-13-9-8-10-14-28)47(75)64-41(27(7)65)50(78)61-34(21-38(55)67)48(76)63-40(26(5)6)51(79)80/h8-10,13-14,24-27,29-36,40-41,65,81H,11-12,15-23,52-53H2,1-7H3,(H2,54,66)(H2,55,67)(H,56,70)(H,57,74)(H,58,77)(H,59,71)(H,60,73)(H,61,78)(H,62,72)(H,63,76)(H,64,75)(H,68,69)(H,79,80)/t27-,29+,30+,31+,32+,33+,34+,35+,36+,40+,41+/m1/s1. The van der Waals surface area contributed by atoms with Crippen LogP contribution in [0, 0.1) is 17.8 Å². The first-order valence-electron chi connectivity index (χ1n) is 26.3. The van der Waals surface area contributed by atoms with Crippen molar-refractivity contribution in [2.75, 3.05) is 12.3 Å². The van der Waals surface area contributed by atoms with Gasteiger partial charge in [0.1, 0.15) is 54.4 Å². The van der Waals surface area contributed by atoms with Crippen LogP contribution >= 0.6 is 12.6 Å². The van der Waals surface area contributed by atoms with E-state index in [2.05, 4.69) is 60.5 Å². The fraction of sp³-hybridized carbons (Fsp3) is 0.627. The first-order valence-corrected chi connectivity index (χ1v) is 27.0. The van der Waals surface area contributed by atoms with Crippen molar-refractivity contribution >= 4 is 89.5 Å². The molecule has 0 heterocycles. The van der Waals surface area contributed by atoms with Gasteiger partial charge >= 0.3 is 11.9 Å². The number of aliphatic carboxylic acids is 2. The summed E-state index contributed by atoms with van der Waals surface area (Å²) in [6.45, 7) is 11.3. The van der Waals surface area contributed by atoms with E-state index in [9.17, 15) is 77.6 Å². The van der Waals surface area contributed by atoms with Crippen molar-refractivity contribution in [2.45, 2.75) is 173 Å². The molecule has 0 bridgehead atoms. The van der Waals surface area contributed by atoms with Gasteiger partial charge in [0.2, 0.25) is 65.0 Å². The number of amides is 11. The summed E-state index contributed by atoms with van der Waals surface area (Å²) in [7, 11) is 0. The van der Waals surface area contributed by atoms with Crippen LogP contribution in [-0.2, 0) is 68.7 Å². The zero-order valence-corrected chi connectivity index (χ0v) is 47.5. The molecule has 11 atom stereocenters. The van der Waals surface area contributed by atoms with Gasteiger partial charge in [-0.2, -0.15) is 12.6 Å². The number of nitrogens with one attached hydrogen (secondary N) is 9. The van der Waals surface area contributed by atoms with Crippen LogP contribution in [0.1, 0.15) is 105 Å². The maximum absolute atomic E-state index is 14.1. The van der Waals surface area contributed by atoms with E-state index in [1.54, 1.807) is 58.0 Å². The lowest BCUT2D eigenvalue weighted by atomic mass is 10.0. The van der Waals surface area contributed by atoms with Gasteiger partial charge in [-0.1, -0.05) is 78.3 Å². The van der Waals surface area contributed by atoms with Crippen LogP contribution in [0.3, 0.4) is 0 Å². The van der Waals surface area contributed by atoms with Gasteiger partial charge in [0.05, 0.1) is 31.4 Å². The van der Waals surface area contributed by atoms with E-state index >= 15 is 0 Å². The van der Waals surface area contributed by atoms with E-state index in [1.807, 2.05) is 0 Å². The molecule has 0 fully saturated rings. The highest BCUT2D eigenvalue weighted by Crippen LogP contribution is 2.12. The zero-order chi connectivity index (χ0) is 61.8. The molecule has 0 aliphatic heterocycles. The molecule has 29 nitrogen and oxygen atoms in total. The van der Waals surface area contributed by atoms with Crippen LogP contribution < -0.4 is 70.8 Å². The highest BCUT2D eigenvalue weighted by molar-refractivity contribution is 7.80. The second-order valence-electron chi connectivity index (χ2n) is 20.7. The molecule has 81 heavy (non-hydrogen) atoms. The van der Waals surface area contributed by atoms with Gasteiger partial charge in [0.25, 0.3) is 0 Å². The number of carboxylic acids is 2. The molecule has 0 unspecified atom stereocenters. The summed E-state index contributed by atoms with van der Waals surface area (Å²) in [4.78, 5) is 171. The smallest absolute Gasteiger partial charge is 0.326 e. The molecule has 0 radical (unpaired) electrons. The number of carbonyl (C=O) groups is 13. The van der Waals surface area contributed by atoms with E-state index in [0.717, 1.165) is 6.92 Å². The van der Waals surface area contributed by atoms with E-state index in [0.29, 0.717) is 24.9 Å². The van der Waals surface area contributed by atoms with Crippen molar-refractivity contribution in [2.24, 2.45) is 40.7 Å². The quantitative estimate of drug-likeness (QED) is 0.0219. The maximum atomic E-state index is 14.1. The number of benzene rings is 1. The van der Waals surface area contributed by atoms with Crippen molar-refractivity contribution in [3.05, 3.63) is 35.9 Å². The normalized spacial score (nSPS) is 15.3. The summed E-state index contributed by atoms with van der Waals surface area (Å²) in [5.74, 6) is -16.3. The average molecular weight is 1170 g/mol. The van der Waals surface area contributed by atoms with Crippen LogP contribution in [0.2, 0.25) is 0 Å². The lowest BCUT2D eigenvalue weighted by molar-refractivity contribution is -0.144. The van der Waals surface area contributed by atoms with Crippen LogP contribution in [0.15, 0.2) is 30.3 Å². The Bertz CT molecular complexity index is 2340. The lowest BCUT2D eigenvalue weighted by Crippen LogP contribution is -2.62. The molecular formula is C51H83N13O16S. The summed E-state index contributed by atoms with van der Waals surface area (Å²) in [6.07, 6.45) is -3.41. The number of carbonyl (C=O) groups excluding carboxylic acids is 11. The van der Waals surface area contributed by atoms with Crippen LogP contribution in [0.5, 0.6) is 0 Å². The van der Waals surface area contributed by atoms with Crippen molar-refractivity contribution in [1.82, 2.24) is 47.9 Å². The number of hydrogen-bond donors (Lipinski definition) is 17. The molecule has 1 aromatic rings. The largest absolute Gasteiger partial charge is 0.481 e. The maximum Gasteiger partial charge on any atom is 0.326 e. The van der Waals surface area contributed by atoms with Crippen LogP contribution in [-0.4, -0.2) is 171 Å². The number of hydrogen-bond acceptors (Lipinski definition) is 17. The Balaban J connectivity index is 3.49. The highest BCUT2D eigenvalue weighted by atomic mass is 32.1. The Morgan fingerprint density at radius 2 is 0.877 bits per heavy atom. The van der Waals surface area contributed by atoms with E-state index < -0.39 is 174 Å². The number of aliphatic hydroxyl groups excluding tert-OH is 1. The predicted octanol–water partition coefficient (Wildman–Crippen LogP) is -4.58. The summed E-state index contributed by atoms with van der Waals surface area (Å²) < 4.78 is 0. The number of thiol groups is 1. The number of rotatable bonds is 38. The Labute approximate surface area is 475 Å². The first-order chi connectivity index (χ1) is 37.8. The van der Waals surface area contributed by atoms with Gasteiger partial charge in [-0.3, -0.25) is 57.5 Å². The third kappa shape index (κ3) is 27.1. The number of aliphatic hydroxyl groups is 1. The number of nitrogens with two attached hydrogens (primary N) is 4.